The van der Waals surface area contributed by atoms with Crippen molar-refractivity contribution in [1.82, 2.24) is 0 Å². The Labute approximate surface area is 92.8 Å². The van der Waals surface area contributed by atoms with Gasteiger partial charge in [0, 0.05) is 18.7 Å². The number of nitrogens with zero attached hydrogens (tertiary/aromatic N) is 1. The lowest BCUT2D eigenvalue weighted by molar-refractivity contribution is -0.132. The number of carboxylic acid groups (broad SMARTS) is 1. The van der Waals surface area contributed by atoms with Gasteiger partial charge in [0.2, 0.25) is 0 Å². The van der Waals surface area contributed by atoms with Gasteiger partial charge in [-0.05, 0) is 18.6 Å². The van der Waals surface area contributed by atoms with Crippen molar-refractivity contribution >= 4 is 11.7 Å². The van der Waals surface area contributed by atoms with E-state index in [-0.39, 0.29) is 5.82 Å². The monoisotopic (exact) mass is 221 g/mol. The maximum absolute atomic E-state index is 13.5. The number of aliphatic carboxylic acids is 1. The molecular formula is C12H12FNO2. The van der Waals surface area contributed by atoms with E-state index in [4.69, 9.17) is 5.11 Å². The van der Waals surface area contributed by atoms with E-state index >= 15 is 0 Å². The number of carboxylic acids is 1. The Bertz CT molecular complexity index is 442. The summed E-state index contributed by atoms with van der Waals surface area (Å²) in [6, 6.07) is 6.52. The molecule has 0 unspecified atom stereocenters. The molecule has 0 atom stereocenters. The first-order valence-corrected chi connectivity index (χ1v) is 5.10. The number of halogens is 1. The minimum Gasteiger partial charge on any atom is -0.478 e. The smallest absolute Gasteiger partial charge is 0.331 e. The van der Waals surface area contributed by atoms with Gasteiger partial charge in [-0.1, -0.05) is 18.2 Å². The van der Waals surface area contributed by atoms with Crippen LogP contribution < -0.4 is 4.90 Å². The number of hydrogen-bond donors (Lipinski definition) is 1. The Morgan fingerprint density at radius 3 is 2.69 bits per heavy atom. The molecule has 3 nitrogen and oxygen atoms in total. The number of benzene rings is 1. The number of carbonyl (C=O) groups is 1. The summed E-state index contributed by atoms with van der Waals surface area (Å²) in [7, 11) is 0. The molecule has 0 saturated heterocycles. The van der Waals surface area contributed by atoms with Crippen LogP contribution in [0, 0.1) is 5.82 Å². The van der Waals surface area contributed by atoms with Gasteiger partial charge in [-0.2, -0.15) is 0 Å². The Kier molecular flexibility index (Phi) is 2.90. The van der Waals surface area contributed by atoms with Crippen molar-refractivity contribution in [3.63, 3.8) is 0 Å². The van der Waals surface area contributed by atoms with Gasteiger partial charge in [-0.15, -0.1) is 0 Å². The average Bonchev–Trinajstić information content (AvgIpc) is 2.30. The van der Waals surface area contributed by atoms with Crippen molar-refractivity contribution in [1.29, 1.82) is 0 Å². The summed E-state index contributed by atoms with van der Waals surface area (Å²) in [6.07, 6.45) is 2.09. The summed E-state index contributed by atoms with van der Waals surface area (Å²) >= 11 is 0. The Morgan fingerprint density at radius 1 is 1.38 bits per heavy atom. The largest absolute Gasteiger partial charge is 0.478 e. The molecule has 2 rings (SSSR count). The second-order valence-electron chi connectivity index (χ2n) is 3.68. The molecule has 0 amide bonds. The lowest BCUT2D eigenvalue weighted by Crippen LogP contribution is -2.30. The molecule has 0 bridgehead atoms. The summed E-state index contributed by atoms with van der Waals surface area (Å²) in [5.41, 5.74) is 0.941. The van der Waals surface area contributed by atoms with Gasteiger partial charge in [-0.25, -0.2) is 9.18 Å². The van der Waals surface area contributed by atoms with Crippen molar-refractivity contribution in [2.24, 2.45) is 0 Å². The van der Waals surface area contributed by atoms with Gasteiger partial charge >= 0.3 is 5.97 Å². The van der Waals surface area contributed by atoms with E-state index in [0.717, 1.165) is 0 Å². The standard InChI is InChI=1S/C12H12FNO2/c13-10-3-1-2-4-11(10)14-7-5-9(6-8-14)12(15)16/h1-5H,6-8H2,(H,15,16). The fourth-order valence-electron chi connectivity index (χ4n) is 1.79. The lowest BCUT2D eigenvalue weighted by atomic mass is 10.1. The van der Waals surface area contributed by atoms with Crippen LogP contribution in [0.2, 0.25) is 0 Å². The Hall–Kier alpha value is -1.84. The van der Waals surface area contributed by atoms with Crippen LogP contribution in [0.3, 0.4) is 0 Å². The molecule has 84 valence electrons. The molecule has 0 saturated carbocycles. The van der Waals surface area contributed by atoms with Gasteiger partial charge in [0.1, 0.15) is 5.82 Å². The highest BCUT2D eigenvalue weighted by atomic mass is 19.1. The molecule has 0 aromatic heterocycles. The van der Waals surface area contributed by atoms with Crippen LogP contribution in [0.15, 0.2) is 35.9 Å². The Balaban J connectivity index is 2.16. The summed E-state index contributed by atoms with van der Waals surface area (Å²) in [5, 5.41) is 8.79. The molecule has 1 heterocycles. The van der Waals surface area contributed by atoms with E-state index < -0.39 is 5.97 Å². The first kappa shape index (κ1) is 10.7. The zero-order valence-electron chi connectivity index (χ0n) is 8.69. The fraction of sp³-hybridized carbons (Fsp3) is 0.250. The van der Waals surface area contributed by atoms with E-state index in [9.17, 15) is 9.18 Å². The van der Waals surface area contributed by atoms with Gasteiger partial charge in [-0.3, -0.25) is 0 Å². The van der Waals surface area contributed by atoms with Crippen LogP contribution >= 0.6 is 0 Å². The normalized spacial score (nSPS) is 15.8. The van der Waals surface area contributed by atoms with E-state index in [1.165, 1.54) is 6.07 Å². The van der Waals surface area contributed by atoms with E-state index in [0.29, 0.717) is 30.8 Å². The Morgan fingerprint density at radius 2 is 2.12 bits per heavy atom. The van der Waals surface area contributed by atoms with Crippen molar-refractivity contribution in [3.05, 3.63) is 41.7 Å². The first-order valence-electron chi connectivity index (χ1n) is 5.10. The molecule has 1 aromatic carbocycles. The minimum atomic E-state index is -0.881. The molecule has 16 heavy (non-hydrogen) atoms. The molecule has 1 aliphatic heterocycles. The summed E-state index contributed by atoms with van der Waals surface area (Å²) < 4.78 is 13.5. The average molecular weight is 221 g/mol. The van der Waals surface area contributed by atoms with E-state index in [1.54, 1.807) is 24.3 Å². The quantitative estimate of drug-likeness (QED) is 0.830. The zero-order chi connectivity index (χ0) is 11.5. The molecule has 1 N–H and O–H groups in total. The number of para-hydroxylation sites is 1. The number of hydrogen-bond acceptors (Lipinski definition) is 2. The van der Waals surface area contributed by atoms with Crippen molar-refractivity contribution in [3.8, 4) is 0 Å². The third-order valence-corrected chi connectivity index (χ3v) is 2.68. The van der Waals surface area contributed by atoms with Crippen LogP contribution in [0.1, 0.15) is 6.42 Å². The molecular weight excluding hydrogens is 209 g/mol. The third kappa shape index (κ3) is 2.05. The minimum absolute atomic E-state index is 0.269. The second-order valence-corrected chi connectivity index (χ2v) is 3.68. The predicted octanol–water partition coefficient (Wildman–Crippen LogP) is 2.05. The highest BCUT2D eigenvalue weighted by Crippen LogP contribution is 2.22. The molecule has 4 heteroatoms. The maximum Gasteiger partial charge on any atom is 0.331 e. The third-order valence-electron chi connectivity index (χ3n) is 2.68. The van der Waals surface area contributed by atoms with Crippen LogP contribution in [-0.4, -0.2) is 24.2 Å². The van der Waals surface area contributed by atoms with Crippen molar-refractivity contribution in [2.45, 2.75) is 6.42 Å². The molecule has 1 aliphatic rings. The fourth-order valence-corrected chi connectivity index (χ4v) is 1.79. The van der Waals surface area contributed by atoms with Gasteiger partial charge < -0.3 is 10.0 Å². The highest BCUT2D eigenvalue weighted by molar-refractivity contribution is 5.87. The number of anilines is 1. The van der Waals surface area contributed by atoms with Crippen molar-refractivity contribution in [2.75, 3.05) is 18.0 Å². The maximum atomic E-state index is 13.5. The molecule has 0 aliphatic carbocycles. The first-order chi connectivity index (χ1) is 7.68. The lowest BCUT2D eigenvalue weighted by Gasteiger charge is -2.27. The topological polar surface area (TPSA) is 40.5 Å². The van der Waals surface area contributed by atoms with Gasteiger partial charge in [0.25, 0.3) is 0 Å². The van der Waals surface area contributed by atoms with Crippen molar-refractivity contribution < 1.29 is 14.3 Å². The van der Waals surface area contributed by atoms with Crippen LogP contribution in [0.25, 0.3) is 0 Å². The second kappa shape index (κ2) is 4.35. The molecule has 1 aromatic rings. The van der Waals surface area contributed by atoms with E-state index in [1.807, 2.05) is 4.90 Å². The summed E-state index contributed by atoms with van der Waals surface area (Å²) in [4.78, 5) is 12.5. The number of rotatable bonds is 2. The molecule has 0 radical (unpaired) electrons. The summed E-state index contributed by atoms with van der Waals surface area (Å²) in [5.74, 6) is -1.15. The highest BCUT2D eigenvalue weighted by Gasteiger charge is 2.17. The summed E-state index contributed by atoms with van der Waals surface area (Å²) in [6.45, 7) is 0.988. The molecule has 0 fully saturated rings. The molecule has 0 spiro atoms. The van der Waals surface area contributed by atoms with Crippen LogP contribution in [0.4, 0.5) is 10.1 Å². The van der Waals surface area contributed by atoms with Crippen LogP contribution in [0.5, 0.6) is 0 Å². The van der Waals surface area contributed by atoms with Gasteiger partial charge in [0.15, 0.2) is 0 Å². The predicted molar refractivity (Wildman–Crippen MR) is 58.9 cm³/mol. The van der Waals surface area contributed by atoms with Gasteiger partial charge in [0.05, 0.1) is 5.69 Å². The van der Waals surface area contributed by atoms with E-state index in [2.05, 4.69) is 0 Å². The van der Waals surface area contributed by atoms with Crippen LogP contribution in [-0.2, 0) is 4.79 Å². The zero-order valence-corrected chi connectivity index (χ0v) is 8.69. The SMILES string of the molecule is O=C(O)C1=CCN(c2ccccc2F)CC1.